The highest BCUT2D eigenvalue weighted by Gasteiger charge is 2.41. The minimum absolute atomic E-state index is 0.00378. The summed E-state index contributed by atoms with van der Waals surface area (Å²) >= 11 is 0. The van der Waals surface area contributed by atoms with Gasteiger partial charge in [0, 0.05) is 30.8 Å². The van der Waals surface area contributed by atoms with E-state index in [1.165, 1.54) is 0 Å². The number of carbonyl (C=O) groups excluding carboxylic acids is 2. The third-order valence-corrected chi connectivity index (χ3v) is 9.67. The van der Waals surface area contributed by atoms with Gasteiger partial charge < -0.3 is 20.4 Å². The summed E-state index contributed by atoms with van der Waals surface area (Å²) in [6, 6.07) is 36.5. The molecule has 1 heterocycles. The Morgan fingerprint density at radius 2 is 1.51 bits per heavy atom. The number of nitriles is 1. The SMILES string of the molecule is N#Cc1ccc(C[C@H]2C[C@H](Cc3ccccc3)N(C[C@@H](O)C[C@@H](Cc3ccccc3)C(=O)N[C@H]3c4ccccc4C[C@H]3O)C2=O)cc1. The summed E-state index contributed by atoms with van der Waals surface area (Å²) in [6.45, 7) is 0.133. The van der Waals surface area contributed by atoms with E-state index < -0.39 is 24.2 Å². The van der Waals surface area contributed by atoms with E-state index in [0.29, 0.717) is 37.7 Å². The molecule has 1 aliphatic carbocycles. The minimum Gasteiger partial charge on any atom is -0.391 e. The Bertz CT molecular complexity index is 1700. The summed E-state index contributed by atoms with van der Waals surface area (Å²) in [4.78, 5) is 29.6. The molecular weight excluding hydrogens is 586 g/mol. The van der Waals surface area contributed by atoms with Crippen LogP contribution >= 0.6 is 0 Å². The molecule has 7 nitrogen and oxygen atoms in total. The molecule has 4 aromatic rings. The van der Waals surface area contributed by atoms with Crippen molar-refractivity contribution in [3.63, 3.8) is 0 Å². The fourth-order valence-corrected chi connectivity index (χ4v) is 7.29. The predicted octanol–water partition coefficient (Wildman–Crippen LogP) is 4.94. The Labute approximate surface area is 276 Å². The zero-order valence-corrected chi connectivity index (χ0v) is 26.4. The van der Waals surface area contributed by atoms with Gasteiger partial charge in [0.15, 0.2) is 0 Å². The number of likely N-dealkylation sites (tertiary alicyclic amines) is 1. The van der Waals surface area contributed by atoms with E-state index in [9.17, 15) is 25.1 Å². The summed E-state index contributed by atoms with van der Waals surface area (Å²) in [7, 11) is 0. The fourth-order valence-electron chi connectivity index (χ4n) is 7.29. The molecule has 6 rings (SSSR count). The molecule has 0 aromatic heterocycles. The number of carbonyl (C=O) groups is 2. The van der Waals surface area contributed by atoms with Crippen LogP contribution < -0.4 is 5.32 Å². The lowest BCUT2D eigenvalue weighted by Gasteiger charge is -2.29. The van der Waals surface area contributed by atoms with Gasteiger partial charge >= 0.3 is 0 Å². The van der Waals surface area contributed by atoms with E-state index in [-0.39, 0.29) is 36.7 Å². The monoisotopic (exact) mass is 627 g/mol. The van der Waals surface area contributed by atoms with Crippen LogP contribution in [0.4, 0.5) is 0 Å². The molecule has 4 aromatic carbocycles. The lowest BCUT2D eigenvalue weighted by molar-refractivity contribution is -0.133. The summed E-state index contributed by atoms with van der Waals surface area (Å²) in [6.07, 6.45) is 1.34. The van der Waals surface area contributed by atoms with Gasteiger partial charge in [0.1, 0.15) is 0 Å². The van der Waals surface area contributed by atoms with Crippen LogP contribution in [0.25, 0.3) is 0 Å². The molecule has 7 heteroatoms. The van der Waals surface area contributed by atoms with Crippen molar-refractivity contribution >= 4 is 11.8 Å². The number of fused-ring (bicyclic) bond motifs is 1. The highest BCUT2D eigenvalue weighted by Crippen LogP contribution is 2.33. The van der Waals surface area contributed by atoms with E-state index in [1.807, 2.05) is 89.8 Å². The number of nitrogens with zero attached hydrogens (tertiary/aromatic N) is 2. The molecule has 0 radical (unpaired) electrons. The van der Waals surface area contributed by atoms with Gasteiger partial charge in [-0.25, -0.2) is 0 Å². The number of nitrogens with one attached hydrogen (secondary N) is 1. The van der Waals surface area contributed by atoms with Gasteiger partial charge in [-0.05, 0) is 72.1 Å². The van der Waals surface area contributed by atoms with Gasteiger partial charge in [-0.15, -0.1) is 0 Å². The van der Waals surface area contributed by atoms with Crippen molar-refractivity contribution in [3.8, 4) is 6.07 Å². The molecule has 1 aliphatic heterocycles. The topological polar surface area (TPSA) is 114 Å². The molecule has 1 saturated heterocycles. The summed E-state index contributed by atoms with van der Waals surface area (Å²) in [5.41, 5.74) is 5.64. The summed E-state index contributed by atoms with van der Waals surface area (Å²) in [5, 5.41) is 34.6. The lowest BCUT2D eigenvalue weighted by Crippen LogP contribution is -2.43. The Kier molecular flexibility index (Phi) is 10.1. The van der Waals surface area contributed by atoms with Crippen LogP contribution in [0.5, 0.6) is 0 Å². The Balaban J connectivity index is 1.18. The second-order valence-corrected chi connectivity index (χ2v) is 13.0. The van der Waals surface area contributed by atoms with E-state index in [1.54, 1.807) is 12.1 Å². The van der Waals surface area contributed by atoms with Gasteiger partial charge in [-0.3, -0.25) is 9.59 Å². The first-order valence-corrected chi connectivity index (χ1v) is 16.5. The molecule has 47 heavy (non-hydrogen) atoms. The normalized spacial score (nSPS) is 21.6. The van der Waals surface area contributed by atoms with Crippen LogP contribution in [0.3, 0.4) is 0 Å². The molecule has 240 valence electrons. The fraction of sp³-hybridized carbons (Fsp3) is 0.325. The number of β-amino-alcohol motifs (C(OH)–C–C–N with tert-alkyl or cyclic N) is 1. The van der Waals surface area contributed by atoms with Crippen molar-refractivity contribution in [1.29, 1.82) is 5.26 Å². The first-order chi connectivity index (χ1) is 22.9. The maximum Gasteiger partial charge on any atom is 0.226 e. The van der Waals surface area contributed by atoms with E-state index in [4.69, 9.17) is 0 Å². The smallest absolute Gasteiger partial charge is 0.226 e. The molecule has 2 aliphatic rings. The largest absolute Gasteiger partial charge is 0.391 e. The first-order valence-electron chi connectivity index (χ1n) is 16.5. The molecular formula is C40H41N3O4. The second-order valence-electron chi connectivity index (χ2n) is 13.0. The highest BCUT2D eigenvalue weighted by atomic mass is 16.3. The zero-order valence-electron chi connectivity index (χ0n) is 26.4. The summed E-state index contributed by atoms with van der Waals surface area (Å²) in [5.74, 6) is -1.02. The van der Waals surface area contributed by atoms with Crippen molar-refractivity contribution in [2.24, 2.45) is 11.8 Å². The molecule has 3 N–H and O–H groups in total. The number of aliphatic hydroxyl groups is 2. The minimum atomic E-state index is -0.925. The average Bonchev–Trinajstić information content (AvgIpc) is 3.55. The first kappa shape index (κ1) is 32.2. The second kappa shape index (κ2) is 14.8. The third-order valence-electron chi connectivity index (χ3n) is 9.67. The van der Waals surface area contributed by atoms with Crippen LogP contribution in [-0.2, 0) is 35.3 Å². The van der Waals surface area contributed by atoms with Crippen LogP contribution in [0.1, 0.15) is 52.3 Å². The summed E-state index contributed by atoms with van der Waals surface area (Å²) < 4.78 is 0. The maximum atomic E-state index is 13.9. The van der Waals surface area contributed by atoms with Gasteiger partial charge in [0.2, 0.25) is 11.8 Å². The molecule has 0 bridgehead atoms. The number of hydrogen-bond acceptors (Lipinski definition) is 5. The lowest BCUT2D eigenvalue weighted by atomic mass is 9.91. The van der Waals surface area contributed by atoms with Gasteiger partial charge in [0.25, 0.3) is 0 Å². The quantitative estimate of drug-likeness (QED) is 0.206. The van der Waals surface area contributed by atoms with Gasteiger partial charge in [-0.2, -0.15) is 5.26 Å². The molecule has 0 spiro atoms. The molecule has 0 unspecified atom stereocenters. The number of hydrogen-bond donors (Lipinski definition) is 3. The molecule has 6 atom stereocenters. The Hall–Kier alpha value is -4.77. The third kappa shape index (κ3) is 7.79. The average molecular weight is 628 g/mol. The highest BCUT2D eigenvalue weighted by molar-refractivity contribution is 5.82. The van der Waals surface area contributed by atoms with E-state index >= 15 is 0 Å². The molecule has 2 amide bonds. The molecule has 1 fully saturated rings. The Morgan fingerprint density at radius 3 is 2.21 bits per heavy atom. The van der Waals surface area contributed by atoms with Crippen molar-refractivity contribution < 1.29 is 19.8 Å². The zero-order chi connectivity index (χ0) is 32.8. The number of aliphatic hydroxyl groups excluding tert-OH is 2. The molecule has 0 saturated carbocycles. The predicted molar refractivity (Wildman–Crippen MR) is 180 cm³/mol. The van der Waals surface area contributed by atoms with Crippen molar-refractivity contribution in [3.05, 3.63) is 143 Å². The van der Waals surface area contributed by atoms with Crippen molar-refractivity contribution in [2.75, 3.05) is 6.54 Å². The standard InChI is InChI=1S/C40H41N3O4/c41-25-30-17-15-29(16-18-30)20-33-22-34(21-28-11-5-2-6-12-28)43(40(33)47)26-35(44)23-32(19-27-9-3-1-4-10-27)39(46)42-38-36-14-8-7-13-31(36)24-37(38)45/h1-18,32-35,37-38,44-45H,19-24,26H2,(H,42,46)/t32-,33+,34+,35+,37-,38+/m1/s1. The van der Waals surface area contributed by atoms with Crippen LogP contribution in [0, 0.1) is 23.2 Å². The Morgan fingerprint density at radius 1 is 0.872 bits per heavy atom. The maximum absolute atomic E-state index is 13.9. The van der Waals surface area contributed by atoms with Gasteiger partial charge in [-0.1, -0.05) is 97.1 Å². The van der Waals surface area contributed by atoms with Crippen LogP contribution in [0.15, 0.2) is 109 Å². The van der Waals surface area contributed by atoms with Crippen LogP contribution in [-0.4, -0.2) is 51.7 Å². The van der Waals surface area contributed by atoms with E-state index in [2.05, 4.69) is 23.5 Å². The number of rotatable bonds is 12. The van der Waals surface area contributed by atoms with Crippen molar-refractivity contribution in [1.82, 2.24) is 10.2 Å². The van der Waals surface area contributed by atoms with Gasteiger partial charge in [0.05, 0.1) is 29.9 Å². The number of benzene rings is 4. The number of amides is 2. The van der Waals surface area contributed by atoms with Crippen LogP contribution in [0.2, 0.25) is 0 Å². The van der Waals surface area contributed by atoms with E-state index in [0.717, 1.165) is 27.8 Å². The van der Waals surface area contributed by atoms with Crippen molar-refractivity contribution in [2.45, 2.75) is 62.8 Å².